The molecule has 1 spiro atoms. The van der Waals surface area contributed by atoms with Gasteiger partial charge in [0.15, 0.2) is 11.5 Å². The lowest BCUT2D eigenvalue weighted by Gasteiger charge is -2.44. The van der Waals surface area contributed by atoms with Crippen LogP contribution in [0.2, 0.25) is 0 Å². The number of nitrogens with zero attached hydrogens (tertiary/aromatic N) is 3. The Morgan fingerprint density at radius 1 is 1.21 bits per heavy atom. The van der Waals surface area contributed by atoms with Gasteiger partial charge < -0.3 is 25.4 Å². The number of nitrogen functional groups attached to an aromatic ring is 1. The average molecular weight is 454 g/mol. The van der Waals surface area contributed by atoms with Crippen LogP contribution >= 0.6 is 0 Å². The van der Waals surface area contributed by atoms with Crippen LogP contribution in [-0.4, -0.2) is 47.8 Å². The van der Waals surface area contributed by atoms with E-state index < -0.39 is 17.7 Å². The van der Waals surface area contributed by atoms with Crippen molar-refractivity contribution in [1.29, 1.82) is 0 Å². The monoisotopic (exact) mass is 453 g/mol. The summed E-state index contributed by atoms with van der Waals surface area (Å²) in [4.78, 5) is 35.5. The Morgan fingerprint density at radius 3 is 2.58 bits per heavy atom. The summed E-state index contributed by atoms with van der Waals surface area (Å²) in [6.07, 6.45) is 3.39. The fourth-order valence-corrected chi connectivity index (χ4v) is 4.93. The van der Waals surface area contributed by atoms with Crippen LogP contribution in [0, 0.1) is 5.41 Å². The molecule has 3 N–H and O–H groups in total. The van der Waals surface area contributed by atoms with Crippen LogP contribution in [0.5, 0.6) is 0 Å². The summed E-state index contributed by atoms with van der Waals surface area (Å²) in [7, 11) is 1.32. The fourth-order valence-electron chi connectivity index (χ4n) is 4.93. The van der Waals surface area contributed by atoms with Crippen LogP contribution < -0.4 is 16.0 Å². The molecule has 0 saturated carbocycles. The number of carbonyl (C=O) groups excluding carboxylic acids is 2. The van der Waals surface area contributed by atoms with Gasteiger partial charge in [-0.2, -0.15) is 0 Å². The molecule has 1 aromatic heterocycles. The minimum absolute atomic E-state index is 0.154. The highest BCUT2D eigenvalue weighted by Gasteiger charge is 2.49. The van der Waals surface area contributed by atoms with E-state index in [2.05, 4.69) is 27.4 Å². The Kier molecular flexibility index (Phi) is 5.90. The Morgan fingerprint density at radius 2 is 1.91 bits per heavy atom. The van der Waals surface area contributed by atoms with Gasteiger partial charge in [0.2, 0.25) is 0 Å². The zero-order valence-corrected chi connectivity index (χ0v) is 19.6. The van der Waals surface area contributed by atoms with Crippen molar-refractivity contribution in [2.75, 3.05) is 30.8 Å². The SMILES string of the molecule is COC(=O)c1ncc(N)nc1N1CCC2(CC1)Cc1ccccc1[C@H]2NC(=O)OC(C)(C)C. The normalized spacial score (nSPS) is 19.2. The van der Waals surface area contributed by atoms with Crippen molar-refractivity contribution < 1.29 is 19.1 Å². The topological polar surface area (TPSA) is 120 Å². The molecule has 1 aliphatic heterocycles. The first-order valence-electron chi connectivity index (χ1n) is 11.1. The smallest absolute Gasteiger partial charge is 0.408 e. The van der Waals surface area contributed by atoms with Crippen molar-refractivity contribution in [2.45, 2.75) is 51.7 Å². The zero-order chi connectivity index (χ0) is 23.8. The molecule has 1 saturated heterocycles. The first kappa shape index (κ1) is 22.8. The second-order valence-corrected chi connectivity index (χ2v) is 9.76. The van der Waals surface area contributed by atoms with Gasteiger partial charge in [0.05, 0.1) is 19.3 Å². The predicted octanol–water partition coefficient (Wildman–Crippen LogP) is 3.25. The Labute approximate surface area is 193 Å². The van der Waals surface area contributed by atoms with Crippen molar-refractivity contribution in [2.24, 2.45) is 5.41 Å². The highest BCUT2D eigenvalue weighted by molar-refractivity contribution is 5.92. The first-order valence-corrected chi connectivity index (χ1v) is 11.1. The highest BCUT2D eigenvalue weighted by Crippen LogP contribution is 2.52. The van der Waals surface area contributed by atoms with E-state index in [1.165, 1.54) is 18.9 Å². The van der Waals surface area contributed by atoms with E-state index in [0.717, 1.165) is 24.8 Å². The standard InChI is InChI=1S/C24H31N5O4/c1-23(2,3)33-22(31)28-19-16-8-6-5-7-15(16)13-24(19)9-11-29(12-10-24)20-18(21(30)32-4)26-14-17(25)27-20/h5-8,14,19H,9-13H2,1-4H3,(H2,25,27)(H,28,31)/t19-/m1/s1. The van der Waals surface area contributed by atoms with Gasteiger partial charge in [-0.25, -0.2) is 19.6 Å². The van der Waals surface area contributed by atoms with E-state index in [-0.39, 0.29) is 23.0 Å². The summed E-state index contributed by atoms with van der Waals surface area (Å²) in [5.74, 6) is 0.134. The maximum Gasteiger partial charge on any atom is 0.408 e. The molecule has 2 aromatic rings. The van der Waals surface area contributed by atoms with E-state index in [1.54, 1.807) is 0 Å². The number of esters is 1. The summed E-state index contributed by atoms with van der Waals surface area (Å²) in [5.41, 5.74) is 7.66. The molecule has 1 fully saturated rings. The molecule has 1 amide bonds. The molecule has 1 atom stereocenters. The number of ether oxygens (including phenoxy) is 2. The molecule has 9 nitrogen and oxygen atoms in total. The number of anilines is 2. The molecule has 33 heavy (non-hydrogen) atoms. The number of carbonyl (C=O) groups is 2. The van der Waals surface area contributed by atoms with Gasteiger partial charge in [0, 0.05) is 18.5 Å². The van der Waals surface area contributed by atoms with Gasteiger partial charge in [0.1, 0.15) is 11.4 Å². The number of fused-ring (bicyclic) bond motifs is 1. The number of benzene rings is 1. The molecule has 1 aromatic carbocycles. The molecule has 1 aliphatic carbocycles. The molecule has 2 aliphatic rings. The molecule has 0 unspecified atom stereocenters. The quantitative estimate of drug-likeness (QED) is 0.680. The number of hydrogen-bond acceptors (Lipinski definition) is 8. The third-order valence-corrected chi connectivity index (χ3v) is 6.39. The van der Waals surface area contributed by atoms with Gasteiger partial charge in [-0.15, -0.1) is 0 Å². The number of methoxy groups -OCH3 is 1. The lowest BCUT2D eigenvalue weighted by atomic mass is 9.72. The van der Waals surface area contributed by atoms with Crippen LogP contribution in [0.3, 0.4) is 0 Å². The van der Waals surface area contributed by atoms with Crippen molar-refractivity contribution >= 4 is 23.7 Å². The molecule has 176 valence electrons. The third kappa shape index (κ3) is 4.58. The van der Waals surface area contributed by atoms with Crippen molar-refractivity contribution in [1.82, 2.24) is 15.3 Å². The molecule has 9 heteroatoms. The minimum Gasteiger partial charge on any atom is -0.464 e. The number of nitrogens with two attached hydrogens (primary N) is 1. The minimum atomic E-state index is -0.574. The number of amides is 1. The van der Waals surface area contributed by atoms with Gasteiger partial charge in [-0.3, -0.25) is 0 Å². The lowest BCUT2D eigenvalue weighted by Crippen LogP contribution is -2.48. The summed E-state index contributed by atoms with van der Waals surface area (Å²) in [5, 5.41) is 3.15. The summed E-state index contributed by atoms with van der Waals surface area (Å²) in [6.45, 7) is 6.85. The average Bonchev–Trinajstić information content (AvgIpc) is 3.05. The van der Waals surface area contributed by atoms with Crippen LogP contribution in [0.1, 0.15) is 61.3 Å². The maximum atomic E-state index is 12.7. The molecule has 4 rings (SSSR count). The van der Waals surface area contributed by atoms with Gasteiger partial charge >= 0.3 is 12.1 Å². The van der Waals surface area contributed by atoms with E-state index in [0.29, 0.717) is 18.9 Å². The molecular weight excluding hydrogens is 422 g/mol. The van der Waals surface area contributed by atoms with Crippen LogP contribution in [0.25, 0.3) is 0 Å². The van der Waals surface area contributed by atoms with Gasteiger partial charge in [-0.1, -0.05) is 24.3 Å². The molecule has 0 bridgehead atoms. The van der Waals surface area contributed by atoms with E-state index >= 15 is 0 Å². The van der Waals surface area contributed by atoms with Crippen LogP contribution in [0.4, 0.5) is 16.4 Å². The van der Waals surface area contributed by atoms with E-state index in [1.807, 2.05) is 37.8 Å². The maximum absolute atomic E-state index is 12.7. The van der Waals surface area contributed by atoms with E-state index in [4.69, 9.17) is 15.2 Å². The lowest BCUT2D eigenvalue weighted by molar-refractivity contribution is 0.0426. The highest BCUT2D eigenvalue weighted by atomic mass is 16.6. The largest absolute Gasteiger partial charge is 0.464 e. The number of alkyl carbamates (subject to hydrolysis) is 1. The number of hydrogen-bond donors (Lipinski definition) is 2. The van der Waals surface area contributed by atoms with Gasteiger partial charge in [-0.05, 0) is 51.2 Å². The summed E-state index contributed by atoms with van der Waals surface area (Å²) >= 11 is 0. The number of nitrogens with one attached hydrogen (secondary N) is 1. The Hall–Kier alpha value is -3.36. The van der Waals surface area contributed by atoms with Crippen LogP contribution in [-0.2, 0) is 15.9 Å². The third-order valence-electron chi connectivity index (χ3n) is 6.39. The molecule has 0 radical (unpaired) electrons. The van der Waals surface area contributed by atoms with Crippen LogP contribution in [0.15, 0.2) is 30.5 Å². The first-order chi connectivity index (χ1) is 15.6. The van der Waals surface area contributed by atoms with Gasteiger partial charge in [0.25, 0.3) is 0 Å². The van der Waals surface area contributed by atoms with Crippen molar-refractivity contribution in [3.8, 4) is 0 Å². The fraction of sp³-hybridized carbons (Fsp3) is 0.500. The predicted molar refractivity (Wildman–Crippen MR) is 124 cm³/mol. The number of rotatable bonds is 3. The van der Waals surface area contributed by atoms with E-state index in [9.17, 15) is 9.59 Å². The Bertz CT molecular complexity index is 1060. The molecular formula is C24H31N5O4. The zero-order valence-electron chi connectivity index (χ0n) is 19.6. The molecule has 2 heterocycles. The summed E-state index contributed by atoms with van der Waals surface area (Å²) < 4.78 is 10.4. The van der Waals surface area contributed by atoms with Crippen molar-refractivity contribution in [3.63, 3.8) is 0 Å². The Balaban J connectivity index is 1.58. The second kappa shape index (κ2) is 8.53. The second-order valence-electron chi connectivity index (χ2n) is 9.76. The number of piperidine rings is 1. The number of aromatic nitrogens is 2. The summed E-state index contributed by atoms with van der Waals surface area (Å²) in [6, 6.07) is 8.08. The van der Waals surface area contributed by atoms with Crippen molar-refractivity contribution in [3.05, 3.63) is 47.3 Å².